The van der Waals surface area contributed by atoms with Crippen LogP contribution in [-0.2, 0) is 10.3 Å². The minimum Gasteiger partial charge on any atom is -0.368 e. The first-order valence-electron chi connectivity index (χ1n) is 5.78. The first-order valence-corrected chi connectivity index (χ1v) is 5.78. The summed E-state index contributed by atoms with van der Waals surface area (Å²) < 4.78 is 27.0. The molecule has 0 heterocycles. The smallest absolute Gasteiger partial charge is 0.242 e. The Morgan fingerprint density at radius 2 is 2.06 bits per heavy atom. The Morgan fingerprint density at radius 1 is 1.44 bits per heavy atom. The minimum absolute atomic E-state index is 0.0735. The van der Waals surface area contributed by atoms with Crippen LogP contribution in [0, 0.1) is 17.6 Å². The lowest BCUT2D eigenvalue weighted by atomic mass is 9.90. The third-order valence-electron chi connectivity index (χ3n) is 2.85. The van der Waals surface area contributed by atoms with Gasteiger partial charge in [-0.25, -0.2) is 8.78 Å². The van der Waals surface area contributed by atoms with Crippen molar-refractivity contribution < 1.29 is 13.6 Å². The Hall–Kier alpha value is -1.49. The minimum atomic E-state index is -1.42. The molecule has 0 spiro atoms. The van der Waals surface area contributed by atoms with Crippen molar-refractivity contribution in [3.63, 3.8) is 0 Å². The largest absolute Gasteiger partial charge is 0.368 e. The van der Waals surface area contributed by atoms with E-state index in [-0.39, 0.29) is 11.5 Å². The predicted octanol–water partition coefficient (Wildman–Crippen LogP) is 1.91. The highest BCUT2D eigenvalue weighted by atomic mass is 19.2. The summed E-state index contributed by atoms with van der Waals surface area (Å²) >= 11 is 0. The molecule has 0 aliphatic heterocycles. The first kappa shape index (κ1) is 14.6. The molecule has 1 atom stereocenters. The number of primary amides is 1. The maximum absolute atomic E-state index is 13.8. The fourth-order valence-corrected chi connectivity index (χ4v) is 1.61. The Kier molecular flexibility index (Phi) is 4.40. The van der Waals surface area contributed by atoms with Crippen LogP contribution in [0.1, 0.15) is 26.3 Å². The number of nitrogens with one attached hydrogen (secondary N) is 1. The quantitative estimate of drug-likeness (QED) is 0.845. The maximum atomic E-state index is 13.8. The van der Waals surface area contributed by atoms with Gasteiger partial charge in [-0.15, -0.1) is 0 Å². The molecule has 1 aromatic rings. The molecular weight excluding hydrogens is 238 g/mol. The van der Waals surface area contributed by atoms with Gasteiger partial charge >= 0.3 is 0 Å². The number of nitrogens with two attached hydrogens (primary N) is 1. The summed E-state index contributed by atoms with van der Waals surface area (Å²) in [5.74, 6) is -2.53. The monoisotopic (exact) mass is 256 g/mol. The highest BCUT2D eigenvalue weighted by Gasteiger charge is 2.36. The average Bonchev–Trinajstić information content (AvgIpc) is 2.29. The van der Waals surface area contributed by atoms with Gasteiger partial charge in [0, 0.05) is 5.56 Å². The summed E-state index contributed by atoms with van der Waals surface area (Å²) in [6.07, 6.45) is 0. The molecule has 3 N–H and O–H groups in total. The van der Waals surface area contributed by atoms with E-state index >= 15 is 0 Å². The number of hydrogen-bond acceptors (Lipinski definition) is 2. The molecule has 1 amide bonds. The molecule has 100 valence electrons. The predicted molar refractivity (Wildman–Crippen MR) is 65.7 cm³/mol. The first-order chi connectivity index (χ1) is 8.29. The number of hydrogen-bond donors (Lipinski definition) is 2. The summed E-state index contributed by atoms with van der Waals surface area (Å²) in [5.41, 5.74) is 3.82. The van der Waals surface area contributed by atoms with E-state index in [9.17, 15) is 13.6 Å². The third-order valence-corrected chi connectivity index (χ3v) is 2.85. The summed E-state index contributed by atoms with van der Waals surface area (Å²) in [4.78, 5) is 11.6. The third kappa shape index (κ3) is 2.85. The Balaban J connectivity index is 3.19. The second-order valence-electron chi connectivity index (χ2n) is 4.87. The SMILES string of the molecule is CC(C)CNC(C)(C(N)=O)c1cccc(F)c1F. The van der Waals surface area contributed by atoms with Crippen LogP contribution in [0.5, 0.6) is 0 Å². The number of carbonyl (C=O) groups excluding carboxylic acids is 1. The van der Waals surface area contributed by atoms with Crippen molar-refractivity contribution in [3.05, 3.63) is 35.4 Å². The highest BCUT2D eigenvalue weighted by molar-refractivity contribution is 5.85. The summed E-state index contributed by atoms with van der Waals surface area (Å²) in [7, 11) is 0. The molecule has 3 nitrogen and oxygen atoms in total. The van der Waals surface area contributed by atoms with Crippen molar-refractivity contribution in [2.24, 2.45) is 11.7 Å². The van der Waals surface area contributed by atoms with E-state index in [1.165, 1.54) is 19.1 Å². The topological polar surface area (TPSA) is 55.1 Å². The van der Waals surface area contributed by atoms with E-state index in [4.69, 9.17) is 5.73 Å². The lowest BCUT2D eigenvalue weighted by Crippen LogP contribution is -2.52. The van der Waals surface area contributed by atoms with Crippen molar-refractivity contribution in [2.45, 2.75) is 26.3 Å². The van der Waals surface area contributed by atoms with E-state index in [0.717, 1.165) is 6.07 Å². The zero-order chi connectivity index (χ0) is 13.9. The number of benzene rings is 1. The normalized spacial score (nSPS) is 14.6. The lowest BCUT2D eigenvalue weighted by molar-refractivity contribution is -0.124. The van der Waals surface area contributed by atoms with Gasteiger partial charge in [0.25, 0.3) is 0 Å². The van der Waals surface area contributed by atoms with Crippen LogP contribution in [0.15, 0.2) is 18.2 Å². The molecule has 0 aliphatic carbocycles. The van der Waals surface area contributed by atoms with Crippen LogP contribution in [0.2, 0.25) is 0 Å². The molecule has 0 saturated carbocycles. The molecule has 0 aromatic heterocycles. The molecule has 5 heteroatoms. The average molecular weight is 256 g/mol. The van der Waals surface area contributed by atoms with Crippen LogP contribution in [0.4, 0.5) is 8.78 Å². The van der Waals surface area contributed by atoms with Crippen LogP contribution < -0.4 is 11.1 Å². The Morgan fingerprint density at radius 3 is 2.56 bits per heavy atom. The van der Waals surface area contributed by atoms with Crippen molar-refractivity contribution in [1.29, 1.82) is 0 Å². The van der Waals surface area contributed by atoms with Gasteiger partial charge in [-0.05, 0) is 25.5 Å². The molecule has 0 fully saturated rings. The molecule has 18 heavy (non-hydrogen) atoms. The highest BCUT2D eigenvalue weighted by Crippen LogP contribution is 2.25. The number of carbonyl (C=O) groups is 1. The zero-order valence-electron chi connectivity index (χ0n) is 10.8. The van der Waals surface area contributed by atoms with Gasteiger partial charge in [-0.2, -0.15) is 0 Å². The van der Waals surface area contributed by atoms with Crippen molar-refractivity contribution >= 4 is 5.91 Å². The van der Waals surface area contributed by atoms with Gasteiger partial charge in [0.2, 0.25) is 5.91 Å². The fraction of sp³-hybridized carbons (Fsp3) is 0.462. The van der Waals surface area contributed by atoms with Gasteiger partial charge in [0.15, 0.2) is 11.6 Å². The molecule has 0 aliphatic rings. The Bertz CT molecular complexity index is 449. The van der Waals surface area contributed by atoms with Gasteiger partial charge in [0.05, 0.1) is 0 Å². The molecule has 0 saturated heterocycles. The maximum Gasteiger partial charge on any atom is 0.242 e. The van der Waals surface area contributed by atoms with Crippen LogP contribution in [0.3, 0.4) is 0 Å². The fourth-order valence-electron chi connectivity index (χ4n) is 1.61. The molecule has 0 bridgehead atoms. The number of amides is 1. The van der Waals surface area contributed by atoms with E-state index in [2.05, 4.69) is 5.32 Å². The van der Waals surface area contributed by atoms with Crippen LogP contribution in [-0.4, -0.2) is 12.5 Å². The number of rotatable bonds is 5. The number of halogens is 2. The van der Waals surface area contributed by atoms with Gasteiger partial charge in [-0.3, -0.25) is 10.1 Å². The van der Waals surface area contributed by atoms with E-state index < -0.39 is 23.1 Å². The standard InChI is InChI=1S/C13H18F2N2O/c1-8(2)7-17-13(3,12(16)18)9-5-4-6-10(14)11(9)15/h4-6,8,17H,7H2,1-3H3,(H2,16,18). The van der Waals surface area contributed by atoms with E-state index in [0.29, 0.717) is 6.54 Å². The van der Waals surface area contributed by atoms with Gasteiger partial charge in [-0.1, -0.05) is 26.0 Å². The zero-order valence-corrected chi connectivity index (χ0v) is 10.8. The van der Waals surface area contributed by atoms with Gasteiger partial charge in [0.1, 0.15) is 5.54 Å². The molecule has 0 radical (unpaired) electrons. The molecule has 1 aromatic carbocycles. The summed E-state index contributed by atoms with van der Waals surface area (Å²) in [6.45, 7) is 5.80. The van der Waals surface area contributed by atoms with Gasteiger partial charge < -0.3 is 5.73 Å². The lowest BCUT2D eigenvalue weighted by Gasteiger charge is -2.29. The molecule has 1 rings (SSSR count). The molecule has 1 unspecified atom stereocenters. The van der Waals surface area contributed by atoms with Crippen molar-refractivity contribution in [1.82, 2.24) is 5.32 Å². The molecular formula is C13H18F2N2O. The summed E-state index contributed by atoms with van der Waals surface area (Å²) in [5, 5.41) is 2.90. The van der Waals surface area contributed by atoms with Crippen LogP contribution in [0.25, 0.3) is 0 Å². The van der Waals surface area contributed by atoms with Crippen molar-refractivity contribution in [3.8, 4) is 0 Å². The Labute approximate surface area is 105 Å². The van der Waals surface area contributed by atoms with E-state index in [1.54, 1.807) is 0 Å². The van der Waals surface area contributed by atoms with E-state index in [1.807, 2.05) is 13.8 Å². The van der Waals surface area contributed by atoms with Crippen LogP contribution >= 0.6 is 0 Å². The summed E-state index contributed by atoms with van der Waals surface area (Å²) in [6, 6.07) is 3.71. The second kappa shape index (κ2) is 5.44. The van der Waals surface area contributed by atoms with Crippen molar-refractivity contribution in [2.75, 3.05) is 6.54 Å². The second-order valence-corrected chi connectivity index (χ2v) is 4.87.